The molecule has 148 valence electrons. The Balaban J connectivity index is 0.00000158. The molecule has 8 N–H and O–H groups in total. The Labute approximate surface area is 163 Å². The fraction of sp³-hybridized carbons (Fsp3) is 0.278. The zero-order valence-electron chi connectivity index (χ0n) is 15.7. The molecule has 27 heavy (non-hydrogen) atoms. The fourth-order valence-electron chi connectivity index (χ4n) is 2.05. The number of hydrogen-bond donors (Lipinski definition) is 5. The molecule has 1 aromatic carbocycles. The number of likely N-dealkylation sites (N-methyl/N-ethyl adjacent to an activating group) is 1. The lowest BCUT2D eigenvalue weighted by molar-refractivity contribution is -0.126. The Morgan fingerprint density at radius 2 is 1.63 bits per heavy atom. The molecule has 0 radical (unpaired) electrons. The van der Waals surface area contributed by atoms with Gasteiger partial charge in [-0.15, -0.1) is 11.3 Å². The highest BCUT2D eigenvalue weighted by Crippen LogP contribution is 2.24. The molecule has 0 bridgehead atoms. The Hall–Kier alpha value is -2.75. The van der Waals surface area contributed by atoms with E-state index in [4.69, 9.17) is 5.73 Å². The molecule has 3 amide bonds. The van der Waals surface area contributed by atoms with Crippen molar-refractivity contribution in [1.29, 1.82) is 0 Å². The number of benzene rings is 1. The normalized spacial score (nSPS) is 10.3. The molecule has 0 saturated heterocycles. The van der Waals surface area contributed by atoms with Crippen LogP contribution in [0.25, 0.3) is 10.4 Å². The summed E-state index contributed by atoms with van der Waals surface area (Å²) >= 11 is 1.61. The standard InChI is InChI=1S/C16H17N3O3S.2CH5N/c1-18-16(22)12(9-14(17)20)19-15(21)11-6-4-10(5-7-11)13-3-2-8-23-13;2*1-2/h2-8,12H,9H2,1H3,(H2,17,20)(H,18,22)(H,19,21);2*2H2,1H3/t12-;;/m0../s1. The molecule has 1 atom stereocenters. The van der Waals surface area contributed by atoms with Crippen LogP contribution in [0.4, 0.5) is 0 Å². The lowest BCUT2D eigenvalue weighted by Crippen LogP contribution is -2.47. The lowest BCUT2D eigenvalue weighted by atomic mass is 10.1. The van der Waals surface area contributed by atoms with Crippen molar-refractivity contribution < 1.29 is 14.4 Å². The van der Waals surface area contributed by atoms with Crippen LogP contribution < -0.4 is 27.8 Å². The summed E-state index contributed by atoms with van der Waals surface area (Å²) in [5, 5.41) is 6.90. The summed E-state index contributed by atoms with van der Waals surface area (Å²) < 4.78 is 0. The second kappa shape index (κ2) is 13.5. The summed E-state index contributed by atoms with van der Waals surface area (Å²) in [6.45, 7) is 0. The van der Waals surface area contributed by atoms with Crippen LogP contribution in [0.15, 0.2) is 41.8 Å². The predicted octanol–water partition coefficient (Wildman–Crippen LogP) is 0.285. The number of carbonyl (C=O) groups is 3. The molecule has 0 spiro atoms. The highest BCUT2D eigenvalue weighted by Gasteiger charge is 2.22. The maximum absolute atomic E-state index is 12.2. The molecular weight excluding hydrogens is 366 g/mol. The minimum Gasteiger partial charge on any atom is -0.370 e. The van der Waals surface area contributed by atoms with Gasteiger partial charge in [0.05, 0.1) is 6.42 Å². The minimum atomic E-state index is -0.984. The zero-order valence-corrected chi connectivity index (χ0v) is 16.5. The highest BCUT2D eigenvalue weighted by atomic mass is 32.1. The van der Waals surface area contributed by atoms with E-state index in [1.165, 1.54) is 21.1 Å². The highest BCUT2D eigenvalue weighted by molar-refractivity contribution is 7.13. The Kier molecular flexibility index (Phi) is 12.1. The van der Waals surface area contributed by atoms with E-state index >= 15 is 0 Å². The molecule has 0 aliphatic carbocycles. The second-order valence-electron chi connectivity index (χ2n) is 4.87. The van der Waals surface area contributed by atoms with Crippen LogP contribution in [0.2, 0.25) is 0 Å². The smallest absolute Gasteiger partial charge is 0.251 e. The Morgan fingerprint density at radius 1 is 1.04 bits per heavy atom. The van der Waals surface area contributed by atoms with Gasteiger partial charge in [-0.1, -0.05) is 18.2 Å². The van der Waals surface area contributed by atoms with E-state index in [0.717, 1.165) is 10.4 Å². The number of hydrogen-bond acceptors (Lipinski definition) is 6. The molecule has 8 nitrogen and oxygen atoms in total. The number of thiophene rings is 1. The summed E-state index contributed by atoms with van der Waals surface area (Å²) in [4.78, 5) is 36.0. The first-order chi connectivity index (χ1) is 13.0. The first-order valence-electron chi connectivity index (χ1n) is 8.11. The van der Waals surface area contributed by atoms with Crippen molar-refractivity contribution in [2.24, 2.45) is 17.2 Å². The average molecular weight is 394 g/mol. The zero-order chi connectivity index (χ0) is 20.8. The summed E-state index contributed by atoms with van der Waals surface area (Å²) in [5.74, 6) is -1.56. The SMILES string of the molecule is CN.CN.CNC(=O)[C@H](CC(N)=O)NC(=O)c1ccc(-c2cccs2)cc1. The van der Waals surface area contributed by atoms with Gasteiger partial charge in [0.15, 0.2) is 0 Å². The second-order valence-corrected chi connectivity index (χ2v) is 5.81. The molecule has 2 rings (SSSR count). The van der Waals surface area contributed by atoms with Crippen LogP contribution in [0, 0.1) is 0 Å². The molecule has 9 heteroatoms. The van der Waals surface area contributed by atoms with Crippen LogP contribution in [-0.2, 0) is 9.59 Å². The van der Waals surface area contributed by atoms with Crippen molar-refractivity contribution in [1.82, 2.24) is 10.6 Å². The van der Waals surface area contributed by atoms with Gasteiger partial charge in [0.1, 0.15) is 6.04 Å². The van der Waals surface area contributed by atoms with Crippen molar-refractivity contribution in [3.63, 3.8) is 0 Å². The molecule has 0 aliphatic rings. The van der Waals surface area contributed by atoms with Gasteiger partial charge in [0.25, 0.3) is 5.91 Å². The van der Waals surface area contributed by atoms with Crippen LogP contribution in [0.5, 0.6) is 0 Å². The van der Waals surface area contributed by atoms with Crippen molar-refractivity contribution in [2.75, 3.05) is 21.1 Å². The molecule has 1 aromatic heterocycles. The van der Waals surface area contributed by atoms with E-state index in [2.05, 4.69) is 22.1 Å². The predicted molar refractivity (Wildman–Crippen MR) is 109 cm³/mol. The number of nitrogens with one attached hydrogen (secondary N) is 2. The van der Waals surface area contributed by atoms with E-state index < -0.39 is 23.8 Å². The fourth-order valence-corrected chi connectivity index (χ4v) is 2.79. The van der Waals surface area contributed by atoms with Gasteiger partial charge >= 0.3 is 0 Å². The van der Waals surface area contributed by atoms with E-state index in [1.54, 1.807) is 23.5 Å². The molecule has 2 aromatic rings. The van der Waals surface area contributed by atoms with Gasteiger partial charge in [-0.05, 0) is 43.2 Å². The third kappa shape index (κ3) is 7.99. The van der Waals surface area contributed by atoms with Crippen LogP contribution in [0.3, 0.4) is 0 Å². The quantitative estimate of drug-likeness (QED) is 0.477. The number of nitrogens with two attached hydrogens (primary N) is 3. The van der Waals surface area contributed by atoms with Gasteiger partial charge in [-0.25, -0.2) is 0 Å². The molecule has 0 aliphatic heterocycles. The summed E-state index contributed by atoms with van der Waals surface area (Å²) in [7, 11) is 4.43. The van der Waals surface area contributed by atoms with E-state index in [-0.39, 0.29) is 6.42 Å². The maximum atomic E-state index is 12.2. The van der Waals surface area contributed by atoms with Crippen molar-refractivity contribution in [2.45, 2.75) is 12.5 Å². The molecule has 0 unspecified atom stereocenters. The number of primary amides is 1. The monoisotopic (exact) mass is 393 g/mol. The molecular formula is C18H27N5O3S. The van der Waals surface area contributed by atoms with Gasteiger partial charge in [-0.3, -0.25) is 14.4 Å². The Morgan fingerprint density at radius 3 is 2.07 bits per heavy atom. The summed E-state index contributed by atoms with van der Waals surface area (Å²) in [6.07, 6.45) is -0.251. The molecule has 0 fully saturated rings. The largest absolute Gasteiger partial charge is 0.370 e. The number of amides is 3. The van der Waals surface area contributed by atoms with Crippen molar-refractivity contribution in [3.8, 4) is 10.4 Å². The van der Waals surface area contributed by atoms with Crippen molar-refractivity contribution in [3.05, 3.63) is 47.3 Å². The van der Waals surface area contributed by atoms with Gasteiger partial charge < -0.3 is 27.8 Å². The van der Waals surface area contributed by atoms with E-state index in [0.29, 0.717) is 5.56 Å². The Bertz CT molecular complexity index is 702. The first kappa shape index (κ1) is 24.2. The topological polar surface area (TPSA) is 153 Å². The van der Waals surface area contributed by atoms with Gasteiger partial charge in [0.2, 0.25) is 11.8 Å². The number of carbonyl (C=O) groups excluding carboxylic acids is 3. The van der Waals surface area contributed by atoms with Crippen LogP contribution in [0.1, 0.15) is 16.8 Å². The maximum Gasteiger partial charge on any atom is 0.251 e. The minimum absolute atomic E-state index is 0.251. The van der Waals surface area contributed by atoms with E-state index in [1.807, 2.05) is 29.6 Å². The summed E-state index contributed by atoms with van der Waals surface area (Å²) in [6, 6.07) is 9.99. The third-order valence-corrected chi connectivity index (χ3v) is 4.15. The average Bonchev–Trinajstić information content (AvgIpc) is 3.24. The van der Waals surface area contributed by atoms with Gasteiger partial charge in [-0.2, -0.15) is 0 Å². The lowest BCUT2D eigenvalue weighted by Gasteiger charge is -2.15. The third-order valence-electron chi connectivity index (χ3n) is 3.23. The molecule has 0 saturated carbocycles. The van der Waals surface area contributed by atoms with Gasteiger partial charge in [0, 0.05) is 17.5 Å². The molecule has 1 heterocycles. The summed E-state index contributed by atoms with van der Waals surface area (Å²) in [5.41, 5.74) is 15.5. The number of rotatable bonds is 6. The van der Waals surface area contributed by atoms with E-state index in [9.17, 15) is 14.4 Å². The van der Waals surface area contributed by atoms with Crippen molar-refractivity contribution >= 4 is 29.1 Å². The van der Waals surface area contributed by atoms with Crippen LogP contribution in [-0.4, -0.2) is 44.9 Å². The first-order valence-corrected chi connectivity index (χ1v) is 8.99. The van der Waals surface area contributed by atoms with Crippen LogP contribution >= 0.6 is 11.3 Å².